The molecule has 1 aromatic rings. The predicted molar refractivity (Wildman–Crippen MR) is 151 cm³/mol. The number of fused-ring (bicyclic) bond motifs is 1. The molecule has 0 spiro atoms. The molecule has 3 aliphatic heterocycles. The molecule has 0 aromatic heterocycles. The second-order valence-electron chi connectivity index (χ2n) is 11.7. The lowest BCUT2D eigenvalue weighted by Crippen LogP contribution is -2.53. The first kappa shape index (κ1) is 29.5. The number of nitrogens with one attached hydrogen (secondary N) is 2. The zero-order valence-corrected chi connectivity index (χ0v) is 24.2. The first-order chi connectivity index (χ1) is 19.0. The van der Waals surface area contributed by atoms with Crippen molar-refractivity contribution in [2.75, 3.05) is 51.2 Å². The van der Waals surface area contributed by atoms with E-state index in [0.29, 0.717) is 24.9 Å². The van der Waals surface area contributed by atoms with Crippen molar-refractivity contribution in [3.05, 3.63) is 29.8 Å². The summed E-state index contributed by atoms with van der Waals surface area (Å²) >= 11 is 0. The summed E-state index contributed by atoms with van der Waals surface area (Å²) in [5, 5.41) is 5.50. The summed E-state index contributed by atoms with van der Waals surface area (Å²) in [5.74, 6) is -1.37. The highest BCUT2D eigenvalue weighted by molar-refractivity contribution is 6.01. The number of Topliss-reactive ketones (excluding diaryl/α,β-unsaturated/α-hetero) is 1. The zero-order valence-electron chi connectivity index (χ0n) is 24.2. The van der Waals surface area contributed by atoms with Crippen LogP contribution in [0.4, 0.5) is 5.69 Å². The van der Waals surface area contributed by atoms with Gasteiger partial charge in [0.05, 0.1) is 12.6 Å². The van der Waals surface area contributed by atoms with Crippen LogP contribution in [0.3, 0.4) is 0 Å². The summed E-state index contributed by atoms with van der Waals surface area (Å²) in [6, 6.07) is 4.72. The molecular formula is C29H42N6O5. The van der Waals surface area contributed by atoms with E-state index in [2.05, 4.69) is 27.5 Å². The largest absolute Gasteiger partial charge is 0.369 e. The topological polar surface area (TPSA) is 122 Å². The quantitative estimate of drug-likeness (QED) is 0.480. The SMILES string of the molecule is CC(=O)NC(C)C(=O)N1CC(=O)C2C1CCN2C(=O)C(CC(C)C)NC(=O)c1ccc(N2CCN(C)CC2)cc1. The Morgan fingerprint density at radius 3 is 2.15 bits per heavy atom. The van der Waals surface area contributed by atoms with Crippen LogP contribution in [0.5, 0.6) is 0 Å². The van der Waals surface area contributed by atoms with E-state index in [4.69, 9.17) is 0 Å². The molecule has 4 rings (SSSR count). The highest BCUT2D eigenvalue weighted by Gasteiger charge is 2.52. The van der Waals surface area contributed by atoms with E-state index in [1.807, 2.05) is 26.0 Å². The molecule has 0 saturated carbocycles. The molecule has 3 aliphatic rings. The Bertz CT molecular complexity index is 1130. The first-order valence-electron chi connectivity index (χ1n) is 14.2. The van der Waals surface area contributed by atoms with Crippen molar-refractivity contribution in [2.45, 2.75) is 64.7 Å². The third-order valence-electron chi connectivity index (χ3n) is 8.09. The van der Waals surface area contributed by atoms with Crippen LogP contribution in [0, 0.1) is 5.92 Å². The van der Waals surface area contributed by atoms with Crippen LogP contribution in [-0.2, 0) is 19.2 Å². The summed E-state index contributed by atoms with van der Waals surface area (Å²) < 4.78 is 0. The van der Waals surface area contributed by atoms with Crippen LogP contribution in [0.1, 0.15) is 50.9 Å². The number of likely N-dealkylation sites (tertiary alicyclic amines) is 2. The Labute approximate surface area is 236 Å². The lowest BCUT2D eigenvalue weighted by Gasteiger charge is -2.34. The Balaban J connectivity index is 1.43. The fourth-order valence-electron chi connectivity index (χ4n) is 6.00. The molecule has 4 amide bonds. The molecule has 0 radical (unpaired) electrons. The van der Waals surface area contributed by atoms with Crippen LogP contribution in [0.15, 0.2) is 24.3 Å². The van der Waals surface area contributed by atoms with Gasteiger partial charge in [-0.1, -0.05) is 13.8 Å². The van der Waals surface area contributed by atoms with Crippen LogP contribution < -0.4 is 15.5 Å². The average molecular weight is 555 g/mol. The number of rotatable bonds is 8. The first-order valence-corrected chi connectivity index (χ1v) is 14.2. The number of nitrogens with zero attached hydrogens (tertiary/aromatic N) is 4. The van der Waals surface area contributed by atoms with Crippen molar-refractivity contribution in [3.63, 3.8) is 0 Å². The average Bonchev–Trinajstić information content (AvgIpc) is 3.48. The summed E-state index contributed by atoms with van der Waals surface area (Å²) in [7, 11) is 2.11. The van der Waals surface area contributed by atoms with E-state index < -0.39 is 24.2 Å². The maximum atomic E-state index is 13.8. The van der Waals surface area contributed by atoms with Crippen molar-refractivity contribution in [1.82, 2.24) is 25.3 Å². The van der Waals surface area contributed by atoms with E-state index in [0.717, 1.165) is 31.9 Å². The van der Waals surface area contributed by atoms with E-state index in [-0.39, 0.29) is 41.9 Å². The molecule has 3 heterocycles. The van der Waals surface area contributed by atoms with Gasteiger partial charge >= 0.3 is 0 Å². The number of amides is 4. The monoisotopic (exact) mass is 554 g/mol. The molecule has 218 valence electrons. The standard InChI is InChI=1S/C29H42N6O5/c1-18(2)16-23(31-27(38)21-6-8-22(9-7-21)33-14-12-32(5)13-15-33)29(40)34-11-10-24-26(34)25(37)17-35(24)28(39)19(3)30-20(4)36/h6-9,18-19,23-24,26H,10-17H2,1-5H3,(H,30,36)(H,31,38). The maximum absolute atomic E-state index is 13.8. The van der Waals surface area contributed by atoms with Gasteiger partial charge in [-0.25, -0.2) is 0 Å². The second-order valence-corrected chi connectivity index (χ2v) is 11.7. The third-order valence-corrected chi connectivity index (χ3v) is 8.09. The molecular weight excluding hydrogens is 512 g/mol. The molecule has 3 saturated heterocycles. The molecule has 4 unspecified atom stereocenters. The number of ketones is 1. The minimum atomic E-state index is -0.792. The van der Waals surface area contributed by atoms with Gasteiger partial charge in [0.15, 0.2) is 5.78 Å². The fourth-order valence-corrected chi connectivity index (χ4v) is 6.00. The van der Waals surface area contributed by atoms with Gasteiger partial charge < -0.3 is 30.2 Å². The maximum Gasteiger partial charge on any atom is 0.251 e. The molecule has 1 aromatic carbocycles. The fraction of sp³-hybridized carbons (Fsp3) is 0.621. The number of benzene rings is 1. The van der Waals surface area contributed by atoms with Crippen molar-refractivity contribution in [3.8, 4) is 0 Å². The third kappa shape index (κ3) is 6.46. The molecule has 0 aliphatic carbocycles. The number of carbonyl (C=O) groups is 5. The summed E-state index contributed by atoms with van der Waals surface area (Å²) in [6.45, 7) is 10.9. The summed E-state index contributed by atoms with van der Waals surface area (Å²) in [4.78, 5) is 72.0. The Morgan fingerprint density at radius 1 is 0.900 bits per heavy atom. The second kappa shape index (κ2) is 12.4. The molecule has 0 bridgehead atoms. The molecule has 4 atom stereocenters. The van der Waals surface area contributed by atoms with Gasteiger partial charge in [-0.05, 0) is 57.0 Å². The lowest BCUT2D eigenvalue weighted by atomic mass is 10.0. The normalized spacial score (nSPS) is 22.8. The summed E-state index contributed by atoms with van der Waals surface area (Å²) in [6.07, 6.45) is 0.894. The van der Waals surface area contributed by atoms with Gasteiger partial charge in [0.25, 0.3) is 5.91 Å². The van der Waals surface area contributed by atoms with E-state index in [1.165, 1.54) is 16.7 Å². The lowest BCUT2D eigenvalue weighted by molar-refractivity contribution is -0.138. The highest BCUT2D eigenvalue weighted by Crippen LogP contribution is 2.31. The van der Waals surface area contributed by atoms with Crippen LogP contribution in [-0.4, -0.2) is 115 Å². The Morgan fingerprint density at radius 2 is 1.55 bits per heavy atom. The van der Waals surface area contributed by atoms with Crippen molar-refractivity contribution < 1.29 is 24.0 Å². The van der Waals surface area contributed by atoms with Gasteiger partial charge in [-0.3, -0.25) is 24.0 Å². The Hall–Kier alpha value is -3.47. The number of piperazine rings is 1. The highest BCUT2D eigenvalue weighted by atomic mass is 16.2. The predicted octanol–water partition coefficient (Wildman–Crippen LogP) is 0.488. The number of hydrogen-bond donors (Lipinski definition) is 2. The molecule has 3 fully saturated rings. The van der Waals surface area contributed by atoms with Crippen molar-refractivity contribution in [1.29, 1.82) is 0 Å². The van der Waals surface area contributed by atoms with E-state index >= 15 is 0 Å². The van der Waals surface area contributed by atoms with E-state index in [1.54, 1.807) is 19.1 Å². The van der Waals surface area contributed by atoms with E-state index in [9.17, 15) is 24.0 Å². The van der Waals surface area contributed by atoms with Gasteiger partial charge in [-0.15, -0.1) is 0 Å². The van der Waals surface area contributed by atoms with Gasteiger partial charge in [0.2, 0.25) is 17.7 Å². The number of carbonyl (C=O) groups excluding carboxylic acids is 5. The number of likely N-dealkylation sites (N-methyl/N-ethyl adjacent to an activating group) is 1. The van der Waals surface area contributed by atoms with Crippen molar-refractivity contribution >= 4 is 35.1 Å². The van der Waals surface area contributed by atoms with Crippen LogP contribution in [0.25, 0.3) is 0 Å². The zero-order chi connectivity index (χ0) is 29.1. The van der Waals surface area contributed by atoms with Crippen molar-refractivity contribution in [2.24, 2.45) is 5.92 Å². The minimum absolute atomic E-state index is 0.0945. The number of hydrogen-bond acceptors (Lipinski definition) is 7. The van der Waals surface area contributed by atoms with Gasteiger partial charge in [0, 0.05) is 50.9 Å². The molecule has 40 heavy (non-hydrogen) atoms. The molecule has 11 heteroatoms. The smallest absolute Gasteiger partial charge is 0.251 e. The molecule has 11 nitrogen and oxygen atoms in total. The summed E-state index contributed by atoms with van der Waals surface area (Å²) in [5.41, 5.74) is 1.54. The van der Waals surface area contributed by atoms with Gasteiger partial charge in [0.1, 0.15) is 18.1 Å². The van der Waals surface area contributed by atoms with Crippen LogP contribution >= 0.6 is 0 Å². The number of anilines is 1. The van der Waals surface area contributed by atoms with Gasteiger partial charge in [-0.2, -0.15) is 0 Å². The molecule has 2 N–H and O–H groups in total. The minimum Gasteiger partial charge on any atom is -0.369 e. The van der Waals surface area contributed by atoms with Crippen LogP contribution in [0.2, 0.25) is 0 Å². The Kier molecular flexibility index (Phi) is 9.12.